The van der Waals surface area contributed by atoms with Crippen molar-refractivity contribution in [3.05, 3.63) is 36.0 Å². The quantitative estimate of drug-likeness (QED) is 0.464. The number of halogens is 1. The number of benzene rings is 1. The Morgan fingerprint density at radius 2 is 2.06 bits per heavy atom. The lowest BCUT2D eigenvalue weighted by Gasteiger charge is -2.03. The number of hydrogen-bond acceptors (Lipinski definition) is 1. The zero-order valence-corrected chi connectivity index (χ0v) is 11.5. The Bertz CT molecular complexity index is 530. The standard InChI is InChI=1S/C14H16BrNO/c1-11(17)13-10-16(9-5-4-8-15)14-7-3-2-6-12(13)14/h2-3,6-7,10H,4-5,8-9H2,1H3. The molecule has 0 radical (unpaired) electrons. The van der Waals surface area contributed by atoms with Gasteiger partial charge in [-0.15, -0.1) is 0 Å². The summed E-state index contributed by atoms with van der Waals surface area (Å²) in [6.45, 7) is 2.60. The summed E-state index contributed by atoms with van der Waals surface area (Å²) in [6, 6.07) is 8.10. The average Bonchev–Trinajstić information content (AvgIpc) is 2.69. The van der Waals surface area contributed by atoms with Gasteiger partial charge in [-0.2, -0.15) is 0 Å². The van der Waals surface area contributed by atoms with Crippen LogP contribution >= 0.6 is 15.9 Å². The molecule has 0 fully saturated rings. The van der Waals surface area contributed by atoms with E-state index in [1.54, 1.807) is 6.92 Å². The Hall–Kier alpha value is -1.09. The van der Waals surface area contributed by atoms with Crippen molar-refractivity contribution in [2.24, 2.45) is 0 Å². The highest BCUT2D eigenvalue weighted by Crippen LogP contribution is 2.22. The van der Waals surface area contributed by atoms with Crippen LogP contribution in [0.1, 0.15) is 30.1 Å². The van der Waals surface area contributed by atoms with Gasteiger partial charge in [0.2, 0.25) is 0 Å². The summed E-state index contributed by atoms with van der Waals surface area (Å²) in [5, 5.41) is 2.10. The first kappa shape index (κ1) is 12.4. The van der Waals surface area contributed by atoms with Crippen LogP contribution in [0.4, 0.5) is 0 Å². The van der Waals surface area contributed by atoms with Gasteiger partial charge in [0.25, 0.3) is 0 Å². The number of fused-ring (bicyclic) bond motifs is 1. The maximum Gasteiger partial charge on any atom is 0.161 e. The van der Waals surface area contributed by atoms with Crippen molar-refractivity contribution in [3.63, 3.8) is 0 Å². The molecule has 90 valence electrons. The van der Waals surface area contributed by atoms with Gasteiger partial charge in [0.05, 0.1) is 0 Å². The van der Waals surface area contributed by atoms with Gasteiger partial charge in [-0.1, -0.05) is 34.1 Å². The van der Waals surface area contributed by atoms with Gasteiger partial charge in [-0.05, 0) is 25.8 Å². The number of para-hydroxylation sites is 1. The van der Waals surface area contributed by atoms with E-state index in [2.05, 4.69) is 26.6 Å². The molecule has 0 bridgehead atoms. The van der Waals surface area contributed by atoms with E-state index in [1.807, 2.05) is 24.4 Å². The van der Waals surface area contributed by atoms with Crippen molar-refractivity contribution in [1.82, 2.24) is 4.57 Å². The van der Waals surface area contributed by atoms with E-state index in [0.29, 0.717) is 0 Å². The Labute approximate surface area is 110 Å². The van der Waals surface area contributed by atoms with Crippen LogP contribution in [0.3, 0.4) is 0 Å². The minimum atomic E-state index is 0.139. The van der Waals surface area contributed by atoms with Crippen LogP contribution in [0.2, 0.25) is 0 Å². The molecule has 0 aliphatic carbocycles. The zero-order chi connectivity index (χ0) is 12.3. The molecule has 0 aliphatic rings. The van der Waals surface area contributed by atoms with E-state index in [4.69, 9.17) is 0 Å². The molecule has 2 nitrogen and oxygen atoms in total. The maximum absolute atomic E-state index is 11.6. The summed E-state index contributed by atoms with van der Waals surface area (Å²) in [6.07, 6.45) is 4.27. The summed E-state index contributed by atoms with van der Waals surface area (Å²) >= 11 is 3.44. The predicted octanol–water partition coefficient (Wildman–Crippen LogP) is 4.02. The van der Waals surface area contributed by atoms with Gasteiger partial charge < -0.3 is 4.57 Å². The highest BCUT2D eigenvalue weighted by atomic mass is 79.9. The number of ketones is 1. The molecule has 0 saturated carbocycles. The summed E-state index contributed by atoms with van der Waals surface area (Å²) in [4.78, 5) is 11.6. The van der Waals surface area contributed by atoms with Crippen molar-refractivity contribution in [1.29, 1.82) is 0 Å². The lowest BCUT2D eigenvalue weighted by molar-refractivity contribution is 0.101. The molecule has 1 heterocycles. The van der Waals surface area contributed by atoms with Crippen LogP contribution in [0.5, 0.6) is 0 Å². The molecule has 0 amide bonds. The monoisotopic (exact) mass is 293 g/mol. The largest absolute Gasteiger partial charge is 0.347 e. The smallest absolute Gasteiger partial charge is 0.161 e. The number of carbonyl (C=O) groups is 1. The number of rotatable bonds is 5. The molecule has 0 aliphatic heterocycles. The predicted molar refractivity (Wildman–Crippen MR) is 75.0 cm³/mol. The maximum atomic E-state index is 11.6. The van der Waals surface area contributed by atoms with Crippen molar-refractivity contribution < 1.29 is 4.79 Å². The Morgan fingerprint density at radius 3 is 2.76 bits per heavy atom. The number of hydrogen-bond donors (Lipinski definition) is 0. The molecule has 0 spiro atoms. The number of unbranched alkanes of at least 4 members (excludes halogenated alkanes) is 1. The van der Waals surface area contributed by atoms with E-state index in [9.17, 15) is 4.79 Å². The van der Waals surface area contributed by atoms with E-state index >= 15 is 0 Å². The van der Waals surface area contributed by atoms with Crippen LogP contribution in [-0.4, -0.2) is 15.7 Å². The summed E-state index contributed by atoms with van der Waals surface area (Å²) in [5.74, 6) is 0.139. The second kappa shape index (κ2) is 5.50. The van der Waals surface area contributed by atoms with Crippen LogP contribution in [0.25, 0.3) is 10.9 Å². The molecule has 0 unspecified atom stereocenters. The summed E-state index contributed by atoms with van der Waals surface area (Å²) < 4.78 is 2.19. The number of alkyl halides is 1. The van der Waals surface area contributed by atoms with Crippen molar-refractivity contribution in [3.8, 4) is 0 Å². The van der Waals surface area contributed by atoms with E-state index in [1.165, 1.54) is 0 Å². The molecule has 0 saturated heterocycles. The molecule has 0 N–H and O–H groups in total. The second-order valence-corrected chi connectivity index (χ2v) is 5.00. The lowest BCUT2D eigenvalue weighted by atomic mass is 10.1. The van der Waals surface area contributed by atoms with E-state index < -0.39 is 0 Å². The van der Waals surface area contributed by atoms with Crippen LogP contribution < -0.4 is 0 Å². The fraction of sp³-hybridized carbons (Fsp3) is 0.357. The van der Waals surface area contributed by atoms with E-state index in [0.717, 1.165) is 41.2 Å². The first-order valence-corrected chi connectivity index (χ1v) is 7.01. The number of Topliss-reactive ketones (excluding diaryl/α,β-unsaturated/α-hetero) is 1. The Kier molecular flexibility index (Phi) is 4.00. The number of nitrogens with zero attached hydrogens (tertiary/aromatic N) is 1. The molecule has 1 aromatic carbocycles. The number of carbonyl (C=O) groups excluding carboxylic acids is 1. The molecule has 3 heteroatoms. The normalized spacial score (nSPS) is 10.9. The Balaban J connectivity index is 2.38. The molecule has 1 aromatic heterocycles. The minimum Gasteiger partial charge on any atom is -0.347 e. The average molecular weight is 294 g/mol. The van der Waals surface area contributed by atoms with Crippen LogP contribution in [0.15, 0.2) is 30.5 Å². The third kappa shape index (κ3) is 2.60. The number of aromatic nitrogens is 1. The van der Waals surface area contributed by atoms with E-state index in [-0.39, 0.29) is 5.78 Å². The third-order valence-corrected chi connectivity index (χ3v) is 3.51. The molecular formula is C14H16BrNO. The van der Waals surface area contributed by atoms with Gasteiger partial charge in [-0.3, -0.25) is 4.79 Å². The molecule has 2 aromatic rings. The highest BCUT2D eigenvalue weighted by molar-refractivity contribution is 9.09. The fourth-order valence-electron chi connectivity index (χ4n) is 2.09. The number of aryl methyl sites for hydroxylation is 1. The highest BCUT2D eigenvalue weighted by Gasteiger charge is 2.10. The SMILES string of the molecule is CC(=O)c1cn(CCCCBr)c2ccccc12. The minimum absolute atomic E-state index is 0.139. The van der Waals surface area contributed by atoms with Gasteiger partial charge in [0.1, 0.15) is 0 Å². The molecule has 0 atom stereocenters. The van der Waals surface area contributed by atoms with Gasteiger partial charge in [-0.25, -0.2) is 0 Å². The topological polar surface area (TPSA) is 22.0 Å². The fourth-order valence-corrected chi connectivity index (χ4v) is 2.49. The summed E-state index contributed by atoms with van der Waals surface area (Å²) in [7, 11) is 0. The first-order chi connectivity index (χ1) is 8.24. The van der Waals surface area contributed by atoms with Gasteiger partial charge in [0, 0.05) is 34.5 Å². The molecule has 2 rings (SSSR count). The first-order valence-electron chi connectivity index (χ1n) is 5.89. The van der Waals surface area contributed by atoms with Gasteiger partial charge in [0.15, 0.2) is 5.78 Å². The Morgan fingerprint density at radius 1 is 1.29 bits per heavy atom. The van der Waals surface area contributed by atoms with Crippen molar-refractivity contribution >= 4 is 32.6 Å². The second-order valence-electron chi connectivity index (χ2n) is 4.21. The molecule has 17 heavy (non-hydrogen) atoms. The van der Waals surface area contributed by atoms with Crippen LogP contribution in [0, 0.1) is 0 Å². The molecular weight excluding hydrogens is 278 g/mol. The van der Waals surface area contributed by atoms with Gasteiger partial charge >= 0.3 is 0 Å². The van der Waals surface area contributed by atoms with Crippen molar-refractivity contribution in [2.75, 3.05) is 5.33 Å². The van der Waals surface area contributed by atoms with Crippen molar-refractivity contribution in [2.45, 2.75) is 26.3 Å². The lowest BCUT2D eigenvalue weighted by Crippen LogP contribution is -1.96. The zero-order valence-electron chi connectivity index (χ0n) is 9.95. The summed E-state index contributed by atoms with van der Waals surface area (Å²) in [5.41, 5.74) is 1.99. The van der Waals surface area contributed by atoms with Crippen LogP contribution in [-0.2, 0) is 6.54 Å². The third-order valence-electron chi connectivity index (χ3n) is 2.95.